The minimum atomic E-state index is -3.10. The van der Waals surface area contributed by atoms with Gasteiger partial charge in [0.1, 0.15) is 18.0 Å². The van der Waals surface area contributed by atoms with Crippen LogP contribution in [0, 0.1) is 0 Å². The average Bonchev–Trinajstić information content (AvgIpc) is 2.83. The number of hydrogen-bond acceptors (Lipinski definition) is 8. The van der Waals surface area contributed by atoms with Gasteiger partial charge < -0.3 is 24.8 Å². The molecule has 2 rings (SSSR count). The van der Waals surface area contributed by atoms with Gasteiger partial charge in [-0.15, -0.1) is 0 Å². The molecule has 1 aromatic rings. The highest BCUT2D eigenvalue weighted by Gasteiger charge is 2.57. The lowest BCUT2D eigenvalue weighted by Gasteiger charge is -2.24. The Balaban J connectivity index is 2.08. The van der Waals surface area contributed by atoms with Crippen molar-refractivity contribution in [1.29, 1.82) is 0 Å². The van der Waals surface area contributed by atoms with Crippen molar-refractivity contribution in [3.63, 3.8) is 0 Å². The van der Waals surface area contributed by atoms with Gasteiger partial charge in [0.05, 0.1) is 13.2 Å². The number of unbranched alkanes of at least 4 members (excludes halogenated alkanes) is 2. The summed E-state index contributed by atoms with van der Waals surface area (Å²) < 4.78 is 24.9. The monoisotopic (exact) mass is 375 g/mol. The van der Waals surface area contributed by atoms with Crippen molar-refractivity contribution in [2.24, 2.45) is 0 Å². The van der Waals surface area contributed by atoms with E-state index in [1.807, 2.05) is 6.92 Å². The molecule has 1 aliphatic rings. The van der Waals surface area contributed by atoms with Crippen molar-refractivity contribution >= 4 is 11.9 Å². The fourth-order valence-corrected chi connectivity index (χ4v) is 2.47. The van der Waals surface area contributed by atoms with Crippen LogP contribution in [0.3, 0.4) is 0 Å². The molecule has 0 radical (unpaired) electrons. The summed E-state index contributed by atoms with van der Waals surface area (Å²) in [5.41, 5.74) is -1.18. The fourth-order valence-electron chi connectivity index (χ4n) is 2.47. The molecule has 0 spiro atoms. The summed E-state index contributed by atoms with van der Waals surface area (Å²) in [6.45, 7) is 1.46. The average molecular weight is 375 g/mol. The zero-order valence-electron chi connectivity index (χ0n) is 14.2. The lowest BCUT2D eigenvalue weighted by molar-refractivity contribution is -0.239. The maximum atomic E-state index is 14.9. The Kier molecular flexibility index (Phi) is 6.64. The first-order valence-corrected chi connectivity index (χ1v) is 8.21. The van der Waals surface area contributed by atoms with Gasteiger partial charge in [0.25, 0.3) is 0 Å². The highest BCUT2D eigenvalue weighted by molar-refractivity contribution is 5.83. The largest absolute Gasteiger partial charge is 0.449 e. The fraction of sp³-hybridized carbons (Fsp3) is 0.667. The summed E-state index contributed by atoms with van der Waals surface area (Å²) >= 11 is 0. The van der Waals surface area contributed by atoms with Gasteiger partial charge in [0.2, 0.25) is 0 Å². The van der Waals surface area contributed by atoms with Crippen LogP contribution in [0.5, 0.6) is 0 Å². The first kappa shape index (κ1) is 20.2. The van der Waals surface area contributed by atoms with Crippen LogP contribution in [0.4, 0.5) is 15.0 Å². The first-order valence-electron chi connectivity index (χ1n) is 8.21. The number of aromatic nitrogens is 2. The second-order valence-corrected chi connectivity index (χ2v) is 5.82. The maximum absolute atomic E-state index is 14.9. The van der Waals surface area contributed by atoms with E-state index in [-0.39, 0.29) is 12.4 Å². The molecule has 0 unspecified atom stereocenters. The first-order chi connectivity index (χ1) is 12.3. The number of nitrogens with one attached hydrogen (secondary N) is 1. The number of nitrogens with zero attached hydrogens (tertiary/aromatic N) is 2. The van der Waals surface area contributed by atoms with E-state index in [4.69, 9.17) is 14.6 Å². The van der Waals surface area contributed by atoms with Crippen LogP contribution < -0.4 is 11.0 Å². The molecule has 11 heteroatoms. The van der Waals surface area contributed by atoms with E-state index in [0.717, 1.165) is 25.1 Å². The molecular formula is C15H22FN3O7. The van der Waals surface area contributed by atoms with Gasteiger partial charge in [-0.1, -0.05) is 19.8 Å². The molecule has 1 fully saturated rings. The molecule has 10 nitrogen and oxygen atoms in total. The third-order valence-corrected chi connectivity index (χ3v) is 3.91. The summed E-state index contributed by atoms with van der Waals surface area (Å²) in [7, 11) is 0. The highest BCUT2D eigenvalue weighted by Crippen LogP contribution is 2.35. The van der Waals surface area contributed by atoms with Crippen LogP contribution in [-0.4, -0.2) is 62.5 Å². The third kappa shape index (κ3) is 4.18. The molecule has 4 atom stereocenters. The predicted molar refractivity (Wildman–Crippen MR) is 86.0 cm³/mol. The van der Waals surface area contributed by atoms with Crippen molar-refractivity contribution in [3.8, 4) is 0 Å². The van der Waals surface area contributed by atoms with E-state index < -0.39 is 42.7 Å². The highest BCUT2D eigenvalue weighted by atomic mass is 19.2. The van der Waals surface area contributed by atoms with E-state index >= 15 is 0 Å². The van der Waals surface area contributed by atoms with E-state index in [1.165, 1.54) is 0 Å². The third-order valence-electron chi connectivity index (χ3n) is 3.91. The molecule has 1 saturated heterocycles. The summed E-state index contributed by atoms with van der Waals surface area (Å²) in [5.74, 6) is -3.28. The molecule has 0 aliphatic carbocycles. The van der Waals surface area contributed by atoms with Crippen molar-refractivity contribution in [2.75, 3.05) is 18.5 Å². The van der Waals surface area contributed by atoms with Crippen molar-refractivity contribution < 1.29 is 34.0 Å². The van der Waals surface area contributed by atoms with Crippen LogP contribution in [0.1, 0.15) is 26.2 Å². The molecular weight excluding hydrogens is 353 g/mol. The number of aliphatic hydroxyl groups is 3. The Morgan fingerprint density at radius 2 is 2.23 bits per heavy atom. The van der Waals surface area contributed by atoms with Crippen LogP contribution in [0.2, 0.25) is 0 Å². The molecule has 26 heavy (non-hydrogen) atoms. The van der Waals surface area contributed by atoms with Gasteiger partial charge in [-0.05, 0) is 12.5 Å². The lowest BCUT2D eigenvalue weighted by Crippen LogP contribution is -2.47. The minimum Gasteiger partial charge on any atom is -0.449 e. The van der Waals surface area contributed by atoms with Crippen LogP contribution in [-0.2, 0) is 15.5 Å². The second-order valence-electron chi connectivity index (χ2n) is 5.82. The van der Waals surface area contributed by atoms with Crippen LogP contribution in [0.15, 0.2) is 17.1 Å². The van der Waals surface area contributed by atoms with Gasteiger partial charge >= 0.3 is 17.8 Å². The SMILES string of the molecule is CCCCCOC(=O)Nc1ccn([C@]2(F)O[C@H](CO)[C@@H](O)[C@H]2O)c(=O)n1. The van der Waals surface area contributed by atoms with Crippen molar-refractivity contribution in [2.45, 2.75) is 50.5 Å². The molecule has 0 saturated carbocycles. The zero-order valence-corrected chi connectivity index (χ0v) is 14.2. The van der Waals surface area contributed by atoms with Crippen molar-refractivity contribution in [1.82, 2.24) is 9.55 Å². The van der Waals surface area contributed by atoms with E-state index in [9.17, 15) is 24.2 Å². The zero-order chi connectivity index (χ0) is 19.3. The number of anilines is 1. The Hall–Kier alpha value is -2.08. The Morgan fingerprint density at radius 1 is 1.50 bits per heavy atom. The molecule has 0 aromatic carbocycles. The number of ether oxygens (including phenoxy) is 2. The number of halogens is 1. The Labute approximate surface area is 148 Å². The molecule has 2 heterocycles. The normalized spacial score (nSPS) is 28.1. The van der Waals surface area contributed by atoms with Crippen LogP contribution >= 0.6 is 0 Å². The molecule has 1 amide bonds. The molecule has 0 bridgehead atoms. The predicted octanol–water partition coefficient (Wildman–Crippen LogP) is -0.325. The number of alkyl halides is 1. The van der Waals surface area contributed by atoms with Gasteiger partial charge in [-0.2, -0.15) is 9.37 Å². The Bertz CT molecular complexity index is 685. The second kappa shape index (κ2) is 8.54. The minimum absolute atomic E-state index is 0.179. The van der Waals surface area contributed by atoms with Gasteiger partial charge in [-0.25, -0.2) is 14.2 Å². The van der Waals surface area contributed by atoms with Crippen molar-refractivity contribution in [3.05, 3.63) is 22.7 Å². The number of carbonyl (C=O) groups is 1. The molecule has 1 aromatic heterocycles. The number of aliphatic hydroxyl groups excluding tert-OH is 3. The quantitative estimate of drug-likeness (QED) is 0.475. The van der Waals surface area contributed by atoms with Crippen LogP contribution in [0.25, 0.3) is 0 Å². The van der Waals surface area contributed by atoms with Gasteiger partial charge in [-0.3, -0.25) is 5.32 Å². The summed E-state index contributed by atoms with van der Waals surface area (Å²) in [5, 5.41) is 30.7. The van der Waals surface area contributed by atoms with Gasteiger partial charge in [0, 0.05) is 6.20 Å². The summed E-state index contributed by atoms with van der Waals surface area (Å²) in [4.78, 5) is 27.1. The van der Waals surface area contributed by atoms with Gasteiger partial charge in [0.15, 0.2) is 6.10 Å². The number of rotatable bonds is 7. The number of hydrogen-bond donors (Lipinski definition) is 4. The number of amides is 1. The topological polar surface area (TPSA) is 143 Å². The van der Waals surface area contributed by atoms with E-state index in [2.05, 4.69) is 10.3 Å². The van der Waals surface area contributed by atoms with E-state index in [1.54, 1.807) is 0 Å². The molecule has 4 N–H and O–H groups in total. The smallest absolute Gasteiger partial charge is 0.412 e. The standard InChI is InChI=1S/C15H22FN3O7/c1-2-3-4-7-25-14(24)18-10-5-6-19(13(23)17-10)15(16)12(22)11(21)9(8-20)26-15/h5-6,9,11-12,20-22H,2-4,7-8H2,1H3,(H,17,18,23,24)/t9-,11-,12-,15+/m1/s1. The maximum Gasteiger partial charge on any atom is 0.412 e. The lowest BCUT2D eigenvalue weighted by atomic mass is 10.1. The summed E-state index contributed by atoms with van der Waals surface area (Å²) in [6, 6.07) is 1.10. The Morgan fingerprint density at radius 3 is 2.81 bits per heavy atom. The van der Waals surface area contributed by atoms with E-state index in [0.29, 0.717) is 11.0 Å². The summed E-state index contributed by atoms with van der Waals surface area (Å²) in [6.07, 6.45) is -2.58. The number of carbonyl (C=O) groups excluding carboxylic acids is 1. The molecule has 1 aliphatic heterocycles. The molecule has 146 valence electrons.